The van der Waals surface area contributed by atoms with Crippen LogP contribution in [-0.2, 0) is 20.9 Å². The zero-order valence-corrected chi connectivity index (χ0v) is 12.7. The van der Waals surface area contributed by atoms with E-state index in [-0.39, 0.29) is 25.3 Å². The van der Waals surface area contributed by atoms with Crippen molar-refractivity contribution in [1.82, 2.24) is 14.5 Å². The van der Waals surface area contributed by atoms with E-state index in [0.717, 1.165) is 4.90 Å². The lowest BCUT2D eigenvalue weighted by atomic mass is 10.4. The number of carboxylic acid groups (broad SMARTS) is 1. The minimum atomic E-state index is -1.12. The SMILES string of the molecule is COCCN(CC(=O)O)C(=O)Cn1cnc2sccc2c1=O. The first kappa shape index (κ1) is 16.1. The van der Waals surface area contributed by atoms with Gasteiger partial charge in [-0.15, -0.1) is 11.3 Å². The topological polar surface area (TPSA) is 102 Å². The molecule has 118 valence electrons. The Morgan fingerprint density at radius 3 is 2.95 bits per heavy atom. The molecule has 0 spiro atoms. The van der Waals surface area contributed by atoms with Gasteiger partial charge in [0.05, 0.1) is 18.3 Å². The molecule has 0 aliphatic carbocycles. The highest BCUT2D eigenvalue weighted by molar-refractivity contribution is 7.16. The average molecular weight is 325 g/mol. The summed E-state index contributed by atoms with van der Waals surface area (Å²) in [6.45, 7) is -0.333. The Kier molecular flexibility index (Phi) is 5.23. The van der Waals surface area contributed by atoms with E-state index in [2.05, 4.69) is 4.98 Å². The zero-order valence-electron chi connectivity index (χ0n) is 11.9. The van der Waals surface area contributed by atoms with Gasteiger partial charge in [-0.2, -0.15) is 0 Å². The van der Waals surface area contributed by atoms with Gasteiger partial charge < -0.3 is 14.7 Å². The van der Waals surface area contributed by atoms with Crippen LogP contribution in [0, 0.1) is 0 Å². The van der Waals surface area contributed by atoms with E-state index >= 15 is 0 Å². The fourth-order valence-electron chi connectivity index (χ4n) is 1.91. The summed E-state index contributed by atoms with van der Waals surface area (Å²) in [5.41, 5.74) is -0.318. The molecule has 2 aromatic rings. The molecule has 0 aliphatic heterocycles. The van der Waals surface area contributed by atoms with E-state index in [9.17, 15) is 14.4 Å². The van der Waals surface area contributed by atoms with E-state index in [1.165, 1.54) is 29.3 Å². The molecule has 0 radical (unpaired) electrons. The van der Waals surface area contributed by atoms with Crippen LogP contribution in [0.5, 0.6) is 0 Å². The minimum Gasteiger partial charge on any atom is -0.480 e. The van der Waals surface area contributed by atoms with Crippen molar-refractivity contribution in [1.29, 1.82) is 0 Å². The maximum atomic E-state index is 12.2. The molecule has 22 heavy (non-hydrogen) atoms. The summed E-state index contributed by atoms with van der Waals surface area (Å²) in [5.74, 6) is -1.60. The van der Waals surface area contributed by atoms with Crippen LogP contribution in [0.3, 0.4) is 0 Å². The molecule has 8 nitrogen and oxygen atoms in total. The third-order valence-corrected chi connectivity index (χ3v) is 3.82. The Bertz CT molecular complexity index is 739. The zero-order chi connectivity index (χ0) is 16.1. The highest BCUT2D eigenvalue weighted by Crippen LogP contribution is 2.13. The molecule has 1 N–H and O–H groups in total. The van der Waals surface area contributed by atoms with Crippen molar-refractivity contribution in [3.05, 3.63) is 28.1 Å². The molecule has 0 fully saturated rings. The smallest absolute Gasteiger partial charge is 0.323 e. The number of methoxy groups -OCH3 is 1. The predicted octanol–water partition coefficient (Wildman–Crippen LogP) is 0.0176. The number of carboxylic acids is 1. The number of rotatable bonds is 7. The van der Waals surface area contributed by atoms with Crippen LogP contribution >= 0.6 is 11.3 Å². The van der Waals surface area contributed by atoms with Gasteiger partial charge in [0, 0.05) is 13.7 Å². The largest absolute Gasteiger partial charge is 0.480 e. The lowest BCUT2D eigenvalue weighted by Crippen LogP contribution is -2.41. The monoisotopic (exact) mass is 325 g/mol. The third kappa shape index (κ3) is 3.68. The number of nitrogens with zero attached hydrogens (tertiary/aromatic N) is 3. The summed E-state index contributed by atoms with van der Waals surface area (Å²) in [7, 11) is 1.46. The molecular formula is C13H15N3O5S. The highest BCUT2D eigenvalue weighted by Gasteiger charge is 2.18. The molecule has 0 aliphatic rings. The number of aromatic nitrogens is 2. The normalized spacial score (nSPS) is 10.8. The van der Waals surface area contributed by atoms with Crippen molar-refractivity contribution in [2.45, 2.75) is 6.54 Å². The summed E-state index contributed by atoms with van der Waals surface area (Å²) >= 11 is 1.34. The first-order chi connectivity index (χ1) is 10.5. The summed E-state index contributed by atoms with van der Waals surface area (Å²) in [6, 6.07) is 1.65. The number of hydrogen-bond donors (Lipinski definition) is 1. The van der Waals surface area contributed by atoms with E-state index in [1.807, 2.05) is 0 Å². The minimum absolute atomic E-state index is 0.143. The number of amides is 1. The fraction of sp³-hybridized carbons (Fsp3) is 0.385. The van der Waals surface area contributed by atoms with Gasteiger partial charge in [0.2, 0.25) is 5.91 Å². The van der Waals surface area contributed by atoms with Crippen LogP contribution in [0.4, 0.5) is 0 Å². The van der Waals surface area contributed by atoms with Crippen LogP contribution in [-0.4, -0.2) is 58.2 Å². The second-order valence-electron chi connectivity index (χ2n) is 4.52. The molecule has 2 rings (SSSR count). The molecule has 0 atom stereocenters. The number of hydrogen-bond acceptors (Lipinski definition) is 6. The first-order valence-electron chi connectivity index (χ1n) is 6.44. The van der Waals surface area contributed by atoms with Gasteiger partial charge in [-0.3, -0.25) is 19.0 Å². The quantitative estimate of drug-likeness (QED) is 0.770. The Morgan fingerprint density at radius 1 is 1.50 bits per heavy atom. The van der Waals surface area contributed by atoms with E-state index in [0.29, 0.717) is 10.2 Å². The molecule has 0 unspecified atom stereocenters. The second-order valence-corrected chi connectivity index (χ2v) is 5.41. The van der Waals surface area contributed by atoms with E-state index in [4.69, 9.17) is 9.84 Å². The van der Waals surface area contributed by atoms with Gasteiger partial charge in [0.1, 0.15) is 17.9 Å². The number of carbonyl (C=O) groups excluding carboxylic acids is 1. The van der Waals surface area contributed by atoms with Crippen LogP contribution in [0.15, 0.2) is 22.6 Å². The molecule has 2 heterocycles. The average Bonchev–Trinajstić information content (AvgIpc) is 2.95. The number of ether oxygens (including phenoxy) is 1. The second kappa shape index (κ2) is 7.14. The summed E-state index contributed by atoms with van der Waals surface area (Å²) in [5, 5.41) is 11.0. The number of carbonyl (C=O) groups is 2. The van der Waals surface area contributed by atoms with Gasteiger partial charge in [-0.25, -0.2) is 4.98 Å². The molecule has 0 saturated carbocycles. The van der Waals surface area contributed by atoms with Crippen LogP contribution in [0.25, 0.3) is 10.2 Å². The Hall–Kier alpha value is -2.26. The van der Waals surface area contributed by atoms with Crippen LogP contribution in [0.1, 0.15) is 0 Å². The van der Waals surface area contributed by atoms with Crippen molar-refractivity contribution < 1.29 is 19.4 Å². The van der Waals surface area contributed by atoms with E-state index in [1.54, 1.807) is 11.4 Å². The molecule has 1 amide bonds. The van der Waals surface area contributed by atoms with E-state index < -0.39 is 18.4 Å². The standard InChI is InChI=1S/C13H15N3O5S/c1-21-4-3-15(7-11(18)19)10(17)6-16-8-14-12-9(13(16)20)2-5-22-12/h2,5,8H,3-4,6-7H2,1H3,(H,18,19). The summed E-state index contributed by atoms with van der Waals surface area (Å²) < 4.78 is 6.04. The Labute approximate surface area is 129 Å². The number of thiophene rings is 1. The van der Waals surface area contributed by atoms with Gasteiger partial charge in [0.15, 0.2) is 0 Å². The summed E-state index contributed by atoms with van der Waals surface area (Å²) in [6.07, 6.45) is 1.30. The Morgan fingerprint density at radius 2 is 2.27 bits per heavy atom. The molecule has 9 heteroatoms. The molecule has 2 aromatic heterocycles. The maximum absolute atomic E-state index is 12.2. The number of aliphatic carboxylic acids is 1. The molecular weight excluding hydrogens is 310 g/mol. The van der Waals surface area contributed by atoms with Gasteiger partial charge >= 0.3 is 5.97 Å². The lowest BCUT2D eigenvalue weighted by Gasteiger charge is -2.20. The Balaban J connectivity index is 2.18. The molecule has 0 aromatic carbocycles. The predicted molar refractivity (Wildman–Crippen MR) is 80.0 cm³/mol. The van der Waals surface area contributed by atoms with Crippen molar-refractivity contribution in [3.63, 3.8) is 0 Å². The lowest BCUT2D eigenvalue weighted by molar-refractivity contribution is -0.145. The van der Waals surface area contributed by atoms with Crippen molar-refractivity contribution >= 4 is 33.4 Å². The number of fused-ring (bicyclic) bond motifs is 1. The highest BCUT2D eigenvalue weighted by atomic mass is 32.1. The molecule has 0 saturated heterocycles. The van der Waals surface area contributed by atoms with Gasteiger partial charge in [-0.05, 0) is 11.4 Å². The summed E-state index contributed by atoms with van der Waals surface area (Å²) in [4.78, 5) is 41.1. The van der Waals surface area contributed by atoms with Crippen LogP contribution in [0.2, 0.25) is 0 Å². The first-order valence-corrected chi connectivity index (χ1v) is 7.32. The van der Waals surface area contributed by atoms with Crippen LogP contribution < -0.4 is 5.56 Å². The fourth-order valence-corrected chi connectivity index (χ4v) is 2.63. The van der Waals surface area contributed by atoms with Crippen molar-refractivity contribution in [3.8, 4) is 0 Å². The van der Waals surface area contributed by atoms with Crippen molar-refractivity contribution in [2.24, 2.45) is 0 Å². The van der Waals surface area contributed by atoms with Crippen molar-refractivity contribution in [2.75, 3.05) is 26.8 Å². The van der Waals surface area contributed by atoms with Gasteiger partial charge in [-0.1, -0.05) is 0 Å². The maximum Gasteiger partial charge on any atom is 0.323 e. The third-order valence-electron chi connectivity index (χ3n) is 3.00. The van der Waals surface area contributed by atoms with Gasteiger partial charge in [0.25, 0.3) is 5.56 Å². The molecule has 0 bridgehead atoms.